The molecule has 2 N–H and O–H groups in total. The maximum Gasteiger partial charge on any atom is 0.226 e. The average molecular weight is 366 g/mol. The van der Waals surface area contributed by atoms with E-state index in [2.05, 4.69) is 20.6 Å². The van der Waals surface area contributed by atoms with Crippen molar-refractivity contribution in [2.24, 2.45) is 4.99 Å². The Labute approximate surface area is 158 Å². The van der Waals surface area contributed by atoms with Crippen LogP contribution in [0.25, 0.3) is 11.5 Å². The zero-order valence-corrected chi connectivity index (χ0v) is 15.5. The molecule has 0 atom stereocenters. The lowest BCUT2D eigenvalue weighted by Crippen LogP contribution is -2.30. The van der Waals surface area contributed by atoms with E-state index in [1.165, 1.54) is 0 Å². The molecular formula is C20H22N4O3. The second-order valence-corrected chi connectivity index (χ2v) is 5.63. The minimum absolute atomic E-state index is 0.475. The maximum absolute atomic E-state index is 5.55. The molecule has 0 amide bonds. The smallest absolute Gasteiger partial charge is 0.226 e. The van der Waals surface area contributed by atoms with E-state index in [0.29, 0.717) is 29.9 Å². The van der Waals surface area contributed by atoms with Crippen molar-refractivity contribution in [2.75, 3.05) is 26.6 Å². The van der Waals surface area contributed by atoms with E-state index in [-0.39, 0.29) is 0 Å². The quantitative estimate of drug-likeness (QED) is 0.513. The van der Waals surface area contributed by atoms with Gasteiger partial charge in [-0.25, -0.2) is 4.98 Å². The molecule has 140 valence electrons. The highest BCUT2D eigenvalue weighted by Gasteiger charge is 2.09. The summed E-state index contributed by atoms with van der Waals surface area (Å²) in [6.07, 6.45) is 1.64. The van der Waals surface area contributed by atoms with Gasteiger partial charge in [0, 0.05) is 24.4 Å². The second kappa shape index (κ2) is 8.75. The standard InChI is InChI=1S/C20H22N4O3/c1-21-20(24-15-9-10-17(25-2)18(11-15)26-3)22-12-16-13-27-19(23-16)14-7-5-4-6-8-14/h4-11,13H,12H2,1-3H3,(H2,21,22,24). The van der Waals surface area contributed by atoms with Crippen LogP contribution in [0.4, 0.5) is 5.69 Å². The van der Waals surface area contributed by atoms with Gasteiger partial charge in [-0.2, -0.15) is 0 Å². The highest BCUT2D eigenvalue weighted by Crippen LogP contribution is 2.29. The Morgan fingerprint density at radius 2 is 1.85 bits per heavy atom. The second-order valence-electron chi connectivity index (χ2n) is 5.63. The van der Waals surface area contributed by atoms with Crippen LogP contribution in [0, 0.1) is 0 Å². The van der Waals surface area contributed by atoms with Crippen molar-refractivity contribution in [1.82, 2.24) is 10.3 Å². The zero-order chi connectivity index (χ0) is 19.1. The van der Waals surface area contributed by atoms with Gasteiger partial charge in [-0.05, 0) is 24.3 Å². The zero-order valence-electron chi connectivity index (χ0n) is 15.5. The van der Waals surface area contributed by atoms with Crippen LogP contribution < -0.4 is 20.1 Å². The first kappa shape index (κ1) is 18.3. The summed E-state index contributed by atoms with van der Waals surface area (Å²) in [7, 11) is 4.91. The fourth-order valence-corrected chi connectivity index (χ4v) is 2.51. The molecule has 1 aromatic heterocycles. The summed E-state index contributed by atoms with van der Waals surface area (Å²) >= 11 is 0. The molecule has 7 nitrogen and oxygen atoms in total. The van der Waals surface area contributed by atoms with Gasteiger partial charge in [0.2, 0.25) is 5.89 Å². The predicted molar refractivity (Wildman–Crippen MR) is 105 cm³/mol. The molecule has 0 aliphatic carbocycles. The fraction of sp³-hybridized carbons (Fsp3) is 0.200. The van der Waals surface area contributed by atoms with Crippen LogP contribution in [0.1, 0.15) is 5.69 Å². The number of aliphatic imine (C=N–C) groups is 1. The molecule has 0 aliphatic rings. The Balaban J connectivity index is 1.62. The van der Waals surface area contributed by atoms with Gasteiger partial charge < -0.3 is 24.5 Å². The fourth-order valence-electron chi connectivity index (χ4n) is 2.51. The minimum atomic E-state index is 0.475. The number of hydrogen-bond acceptors (Lipinski definition) is 5. The molecule has 7 heteroatoms. The highest BCUT2D eigenvalue weighted by atomic mass is 16.5. The number of hydrogen-bond donors (Lipinski definition) is 2. The molecule has 2 aromatic carbocycles. The van der Waals surface area contributed by atoms with Gasteiger partial charge in [0.25, 0.3) is 0 Å². The molecule has 27 heavy (non-hydrogen) atoms. The number of oxazole rings is 1. The molecule has 0 fully saturated rings. The Kier molecular flexibility index (Phi) is 5.94. The van der Waals surface area contributed by atoms with E-state index in [4.69, 9.17) is 13.9 Å². The molecule has 0 radical (unpaired) electrons. The van der Waals surface area contributed by atoms with Gasteiger partial charge >= 0.3 is 0 Å². The third-order valence-corrected chi connectivity index (χ3v) is 3.88. The lowest BCUT2D eigenvalue weighted by atomic mass is 10.2. The first-order valence-corrected chi connectivity index (χ1v) is 8.43. The van der Waals surface area contributed by atoms with Crippen molar-refractivity contribution < 1.29 is 13.9 Å². The van der Waals surface area contributed by atoms with Crippen molar-refractivity contribution in [3.63, 3.8) is 0 Å². The van der Waals surface area contributed by atoms with Crippen molar-refractivity contribution in [3.8, 4) is 23.0 Å². The minimum Gasteiger partial charge on any atom is -0.493 e. The van der Waals surface area contributed by atoms with Crippen LogP contribution in [0.15, 0.2) is 64.2 Å². The summed E-state index contributed by atoms with van der Waals surface area (Å²) in [6.45, 7) is 0.475. The van der Waals surface area contributed by atoms with Crippen molar-refractivity contribution in [2.45, 2.75) is 6.54 Å². The molecule has 0 saturated carbocycles. The summed E-state index contributed by atoms with van der Waals surface area (Å²) in [4.78, 5) is 8.72. The number of guanidine groups is 1. The Hall–Kier alpha value is -3.48. The summed E-state index contributed by atoms with van der Waals surface area (Å²) in [6, 6.07) is 15.3. The van der Waals surface area contributed by atoms with E-state index in [1.54, 1.807) is 27.5 Å². The maximum atomic E-state index is 5.55. The first-order chi connectivity index (χ1) is 13.2. The summed E-state index contributed by atoms with van der Waals surface area (Å²) in [5.74, 6) is 2.51. The number of nitrogens with zero attached hydrogens (tertiary/aromatic N) is 2. The average Bonchev–Trinajstić information content (AvgIpc) is 3.20. The van der Waals surface area contributed by atoms with Crippen LogP contribution >= 0.6 is 0 Å². The van der Waals surface area contributed by atoms with Crippen LogP contribution in [-0.2, 0) is 6.54 Å². The molecule has 3 aromatic rings. The van der Waals surface area contributed by atoms with E-state index < -0.39 is 0 Å². The van der Waals surface area contributed by atoms with Gasteiger partial charge in [-0.1, -0.05) is 18.2 Å². The van der Waals surface area contributed by atoms with Crippen molar-refractivity contribution in [3.05, 3.63) is 60.5 Å². The third-order valence-electron chi connectivity index (χ3n) is 3.88. The number of aromatic nitrogens is 1. The van der Waals surface area contributed by atoms with Gasteiger partial charge in [0.05, 0.1) is 26.5 Å². The van der Waals surface area contributed by atoms with Crippen molar-refractivity contribution in [1.29, 1.82) is 0 Å². The predicted octanol–water partition coefficient (Wildman–Crippen LogP) is 3.55. The number of anilines is 1. The molecular weight excluding hydrogens is 344 g/mol. The molecule has 1 heterocycles. The van der Waals surface area contributed by atoms with Crippen LogP contribution in [0.5, 0.6) is 11.5 Å². The molecule has 0 aliphatic heterocycles. The van der Waals surface area contributed by atoms with Gasteiger partial charge in [-0.15, -0.1) is 0 Å². The topological polar surface area (TPSA) is 80.9 Å². The first-order valence-electron chi connectivity index (χ1n) is 8.43. The Morgan fingerprint density at radius 1 is 1.07 bits per heavy atom. The van der Waals surface area contributed by atoms with Gasteiger partial charge in [0.15, 0.2) is 17.5 Å². The number of rotatable bonds is 6. The summed E-state index contributed by atoms with van der Waals surface area (Å²) in [5, 5.41) is 6.42. The molecule has 0 unspecified atom stereocenters. The molecule has 0 spiro atoms. The van der Waals surface area contributed by atoms with E-state index in [9.17, 15) is 0 Å². The largest absolute Gasteiger partial charge is 0.493 e. The number of ether oxygens (including phenoxy) is 2. The molecule has 0 bridgehead atoms. The van der Waals surface area contributed by atoms with Crippen LogP contribution in [-0.4, -0.2) is 32.2 Å². The third kappa shape index (κ3) is 4.58. The lowest BCUT2D eigenvalue weighted by Gasteiger charge is -2.13. The van der Waals surface area contributed by atoms with Crippen molar-refractivity contribution >= 4 is 11.6 Å². The molecule has 0 saturated heterocycles. The number of methoxy groups -OCH3 is 2. The van der Waals surface area contributed by atoms with E-state index in [0.717, 1.165) is 16.9 Å². The molecule has 3 rings (SSSR count). The number of benzene rings is 2. The van der Waals surface area contributed by atoms with E-state index in [1.807, 2.05) is 48.5 Å². The van der Waals surface area contributed by atoms with Gasteiger partial charge in [-0.3, -0.25) is 4.99 Å². The summed E-state index contributed by atoms with van der Waals surface area (Å²) < 4.78 is 16.1. The SMILES string of the molecule is CN=C(NCc1coc(-c2ccccc2)n1)Nc1ccc(OC)c(OC)c1. The Bertz CT molecular complexity index is 907. The monoisotopic (exact) mass is 366 g/mol. The Morgan fingerprint density at radius 3 is 2.56 bits per heavy atom. The van der Waals surface area contributed by atoms with Crippen LogP contribution in [0.2, 0.25) is 0 Å². The lowest BCUT2D eigenvalue weighted by molar-refractivity contribution is 0.355. The summed E-state index contributed by atoms with van der Waals surface area (Å²) in [5.41, 5.74) is 2.55. The number of nitrogens with one attached hydrogen (secondary N) is 2. The van der Waals surface area contributed by atoms with Crippen LogP contribution in [0.3, 0.4) is 0 Å². The normalized spacial score (nSPS) is 11.1. The van der Waals surface area contributed by atoms with E-state index >= 15 is 0 Å². The highest BCUT2D eigenvalue weighted by molar-refractivity contribution is 5.93. The van der Waals surface area contributed by atoms with Gasteiger partial charge in [0.1, 0.15) is 6.26 Å².